The molecule has 2 atom stereocenters. The Kier molecular flexibility index (Phi) is 3.90. The van der Waals surface area contributed by atoms with Crippen LogP contribution in [0.4, 0.5) is 22.7 Å². The van der Waals surface area contributed by atoms with Crippen LogP contribution in [-0.4, -0.2) is 30.2 Å². The van der Waals surface area contributed by atoms with Gasteiger partial charge in [0.25, 0.3) is 5.69 Å². The standard InChI is InChI=1S/C17H16BrN3O3/c18-11-1-6-17(21(22)23)16(7-11)19-12-2-4-13(5-3-12)20-9-15-8-14(20)10-24-15/h1-7,14-15,19H,8-10H2/t14-,15-/m0/s1. The van der Waals surface area contributed by atoms with Gasteiger partial charge >= 0.3 is 0 Å². The zero-order valence-electron chi connectivity index (χ0n) is 12.8. The number of nitrogens with one attached hydrogen (secondary N) is 1. The number of fused-ring (bicyclic) bond motifs is 2. The number of rotatable bonds is 4. The first kappa shape index (κ1) is 15.4. The Hall–Kier alpha value is -2.12. The van der Waals surface area contributed by atoms with E-state index in [9.17, 15) is 10.1 Å². The number of morpholine rings is 1. The molecule has 2 fully saturated rings. The number of nitro benzene ring substituents is 1. The molecule has 6 nitrogen and oxygen atoms in total. The Morgan fingerprint density at radius 3 is 2.67 bits per heavy atom. The molecular formula is C17H16BrN3O3. The highest BCUT2D eigenvalue weighted by Crippen LogP contribution is 2.34. The Morgan fingerprint density at radius 2 is 2.04 bits per heavy atom. The number of ether oxygens (including phenoxy) is 1. The predicted octanol–water partition coefficient (Wildman–Crippen LogP) is 4.08. The van der Waals surface area contributed by atoms with Gasteiger partial charge in [-0.1, -0.05) is 15.9 Å². The average Bonchev–Trinajstić information content (AvgIpc) is 3.18. The molecule has 0 spiro atoms. The van der Waals surface area contributed by atoms with Crippen molar-refractivity contribution in [1.82, 2.24) is 0 Å². The Labute approximate surface area is 147 Å². The molecule has 7 heteroatoms. The van der Waals surface area contributed by atoms with Gasteiger partial charge < -0.3 is 15.0 Å². The van der Waals surface area contributed by atoms with Gasteiger partial charge in [-0.25, -0.2) is 0 Å². The number of hydrogen-bond acceptors (Lipinski definition) is 5. The van der Waals surface area contributed by atoms with Crippen molar-refractivity contribution in [2.24, 2.45) is 0 Å². The van der Waals surface area contributed by atoms with Crippen LogP contribution in [0.2, 0.25) is 0 Å². The van der Waals surface area contributed by atoms with Crippen molar-refractivity contribution in [3.8, 4) is 0 Å². The molecule has 24 heavy (non-hydrogen) atoms. The van der Waals surface area contributed by atoms with E-state index in [-0.39, 0.29) is 10.6 Å². The van der Waals surface area contributed by atoms with Crippen LogP contribution in [0.1, 0.15) is 6.42 Å². The van der Waals surface area contributed by atoms with Gasteiger partial charge in [-0.15, -0.1) is 0 Å². The summed E-state index contributed by atoms with van der Waals surface area (Å²) in [6.07, 6.45) is 1.46. The first-order chi connectivity index (χ1) is 11.6. The lowest BCUT2D eigenvalue weighted by Crippen LogP contribution is -2.36. The largest absolute Gasteiger partial charge is 0.374 e. The predicted molar refractivity (Wildman–Crippen MR) is 96.0 cm³/mol. The highest BCUT2D eigenvalue weighted by Gasteiger charge is 2.38. The third kappa shape index (κ3) is 2.85. The van der Waals surface area contributed by atoms with E-state index < -0.39 is 0 Å². The van der Waals surface area contributed by atoms with Gasteiger partial charge in [-0.3, -0.25) is 10.1 Å². The molecule has 0 aromatic heterocycles. The molecule has 0 unspecified atom stereocenters. The third-order valence-corrected chi connectivity index (χ3v) is 5.03. The van der Waals surface area contributed by atoms with E-state index in [4.69, 9.17) is 4.74 Å². The first-order valence-electron chi connectivity index (χ1n) is 7.79. The fraction of sp³-hybridized carbons (Fsp3) is 0.294. The van der Waals surface area contributed by atoms with Crippen molar-refractivity contribution in [3.63, 3.8) is 0 Å². The Morgan fingerprint density at radius 1 is 1.25 bits per heavy atom. The fourth-order valence-corrected chi connectivity index (χ4v) is 3.74. The maximum atomic E-state index is 11.2. The quantitative estimate of drug-likeness (QED) is 0.630. The van der Waals surface area contributed by atoms with Gasteiger partial charge in [0.05, 0.1) is 23.7 Å². The second kappa shape index (κ2) is 6.07. The van der Waals surface area contributed by atoms with Crippen LogP contribution < -0.4 is 10.2 Å². The van der Waals surface area contributed by atoms with Crippen LogP contribution in [0.25, 0.3) is 0 Å². The number of hydrogen-bond donors (Lipinski definition) is 1. The second-order valence-corrected chi connectivity index (χ2v) is 7.00. The Balaban J connectivity index is 1.54. The topological polar surface area (TPSA) is 67.6 Å². The van der Waals surface area contributed by atoms with Crippen molar-refractivity contribution >= 4 is 38.7 Å². The summed E-state index contributed by atoms with van der Waals surface area (Å²) in [5, 5.41) is 14.3. The summed E-state index contributed by atoms with van der Waals surface area (Å²) in [4.78, 5) is 13.1. The molecule has 0 aliphatic carbocycles. The molecule has 1 N–H and O–H groups in total. The summed E-state index contributed by atoms with van der Waals surface area (Å²) >= 11 is 3.35. The minimum atomic E-state index is -0.385. The van der Waals surface area contributed by atoms with E-state index in [1.54, 1.807) is 12.1 Å². The van der Waals surface area contributed by atoms with Gasteiger partial charge in [-0.2, -0.15) is 0 Å². The highest BCUT2D eigenvalue weighted by atomic mass is 79.9. The average molecular weight is 390 g/mol. The minimum Gasteiger partial charge on any atom is -0.374 e. The van der Waals surface area contributed by atoms with Crippen molar-refractivity contribution in [2.75, 3.05) is 23.4 Å². The van der Waals surface area contributed by atoms with E-state index in [2.05, 4.69) is 26.1 Å². The number of nitro groups is 1. The summed E-state index contributed by atoms with van der Waals surface area (Å²) in [6, 6.07) is 13.3. The van der Waals surface area contributed by atoms with Crippen molar-refractivity contribution in [2.45, 2.75) is 18.6 Å². The normalized spacial score (nSPS) is 22.0. The third-order valence-electron chi connectivity index (χ3n) is 4.53. The van der Waals surface area contributed by atoms with Crippen LogP contribution in [0.15, 0.2) is 46.9 Å². The molecule has 2 aliphatic rings. The summed E-state index contributed by atoms with van der Waals surface area (Å²) in [5.41, 5.74) is 2.51. The van der Waals surface area contributed by atoms with Gasteiger partial charge in [-0.05, 0) is 42.8 Å². The lowest BCUT2D eigenvalue weighted by molar-refractivity contribution is -0.383. The molecule has 2 saturated heterocycles. The van der Waals surface area contributed by atoms with Crippen molar-refractivity contribution < 1.29 is 9.66 Å². The number of anilines is 3. The van der Waals surface area contributed by atoms with Crippen molar-refractivity contribution in [3.05, 3.63) is 57.1 Å². The van der Waals surface area contributed by atoms with Crippen LogP contribution in [0.3, 0.4) is 0 Å². The Bertz CT molecular complexity index is 781. The maximum Gasteiger partial charge on any atom is 0.292 e. The number of nitrogens with zero attached hydrogens (tertiary/aromatic N) is 2. The lowest BCUT2D eigenvalue weighted by atomic mass is 10.2. The highest BCUT2D eigenvalue weighted by molar-refractivity contribution is 9.10. The lowest BCUT2D eigenvalue weighted by Gasteiger charge is -2.29. The van der Waals surface area contributed by atoms with Crippen LogP contribution in [0.5, 0.6) is 0 Å². The smallest absolute Gasteiger partial charge is 0.292 e. The molecule has 2 aliphatic heterocycles. The van der Waals surface area contributed by atoms with E-state index in [0.717, 1.165) is 29.7 Å². The monoisotopic (exact) mass is 389 g/mol. The van der Waals surface area contributed by atoms with Gasteiger partial charge in [0.1, 0.15) is 5.69 Å². The minimum absolute atomic E-state index is 0.0521. The van der Waals surface area contributed by atoms with E-state index in [0.29, 0.717) is 17.8 Å². The van der Waals surface area contributed by atoms with E-state index in [1.165, 1.54) is 11.8 Å². The number of halogens is 1. The SMILES string of the molecule is O=[N+]([O-])c1ccc(Br)cc1Nc1ccc(N2C[C@@H]3C[C@H]2CO3)cc1. The van der Waals surface area contributed by atoms with Gasteiger partial charge in [0, 0.05) is 28.5 Å². The molecule has 2 bridgehead atoms. The van der Waals surface area contributed by atoms with E-state index >= 15 is 0 Å². The summed E-state index contributed by atoms with van der Waals surface area (Å²) < 4.78 is 6.42. The van der Waals surface area contributed by atoms with Crippen LogP contribution in [0, 0.1) is 10.1 Å². The number of benzene rings is 2. The van der Waals surface area contributed by atoms with E-state index in [1.807, 2.05) is 24.3 Å². The summed E-state index contributed by atoms with van der Waals surface area (Å²) in [7, 11) is 0. The zero-order chi connectivity index (χ0) is 16.7. The van der Waals surface area contributed by atoms with Crippen molar-refractivity contribution in [1.29, 1.82) is 0 Å². The molecule has 4 rings (SSSR count). The first-order valence-corrected chi connectivity index (χ1v) is 8.59. The second-order valence-electron chi connectivity index (χ2n) is 6.09. The molecule has 2 heterocycles. The van der Waals surface area contributed by atoms with Gasteiger partial charge in [0.2, 0.25) is 0 Å². The molecule has 124 valence electrons. The fourth-order valence-electron chi connectivity index (χ4n) is 3.38. The van der Waals surface area contributed by atoms with Gasteiger partial charge in [0.15, 0.2) is 0 Å². The van der Waals surface area contributed by atoms with Crippen LogP contribution in [-0.2, 0) is 4.74 Å². The molecule has 2 aromatic carbocycles. The molecule has 0 amide bonds. The summed E-state index contributed by atoms with van der Waals surface area (Å²) in [6.45, 7) is 1.74. The molecular weight excluding hydrogens is 374 g/mol. The maximum absolute atomic E-state index is 11.2. The summed E-state index contributed by atoms with van der Waals surface area (Å²) in [5.74, 6) is 0. The zero-order valence-corrected chi connectivity index (χ0v) is 14.4. The molecule has 0 radical (unpaired) electrons. The van der Waals surface area contributed by atoms with Crippen LogP contribution >= 0.6 is 15.9 Å². The molecule has 2 aromatic rings. The molecule has 0 saturated carbocycles.